The number of aromatic carboxylic acids is 1. The van der Waals surface area contributed by atoms with Crippen LogP contribution in [0.4, 0.5) is 10.6 Å². The third-order valence-electron chi connectivity index (χ3n) is 6.80. The molecule has 0 bridgehead atoms. The number of fused-ring (bicyclic) bond motifs is 3. The fraction of sp³-hybridized carbons (Fsp3) is 0.308. The van der Waals surface area contributed by atoms with Gasteiger partial charge in [-0.15, -0.1) is 0 Å². The molecule has 0 aliphatic heterocycles. The summed E-state index contributed by atoms with van der Waals surface area (Å²) in [5, 5.41) is 18.8. The Bertz CT molecular complexity index is 1250. The van der Waals surface area contributed by atoms with E-state index in [-0.39, 0.29) is 29.8 Å². The first-order chi connectivity index (χ1) is 16.9. The quantitative estimate of drug-likeness (QED) is 0.500. The fourth-order valence-electron chi connectivity index (χ4n) is 5.18. The van der Waals surface area contributed by atoms with Crippen LogP contribution in [0.5, 0.6) is 0 Å². The number of aryl methyl sites for hydroxylation is 1. The summed E-state index contributed by atoms with van der Waals surface area (Å²) < 4.78 is 6.96. The van der Waals surface area contributed by atoms with E-state index in [1.165, 1.54) is 10.9 Å². The van der Waals surface area contributed by atoms with Crippen LogP contribution in [0, 0.1) is 5.92 Å². The normalized spacial score (nSPS) is 18.5. The number of nitrogens with zero attached hydrogens (tertiary/aromatic N) is 2. The van der Waals surface area contributed by atoms with Crippen LogP contribution in [0.2, 0.25) is 0 Å². The molecule has 0 unspecified atom stereocenters. The Morgan fingerprint density at radius 3 is 2.37 bits per heavy atom. The van der Waals surface area contributed by atoms with Gasteiger partial charge in [0.2, 0.25) is 5.91 Å². The Kier molecular flexibility index (Phi) is 5.98. The van der Waals surface area contributed by atoms with Crippen LogP contribution >= 0.6 is 0 Å². The van der Waals surface area contributed by atoms with Crippen LogP contribution in [-0.4, -0.2) is 45.5 Å². The van der Waals surface area contributed by atoms with Crippen LogP contribution in [0.25, 0.3) is 11.1 Å². The minimum atomic E-state index is -1.17. The fourth-order valence-corrected chi connectivity index (χ4v) is 5.18. The van der Waals surface area contributed by atoms with Gasteiger partial charge < -0.3 is 20.5 Å². The van der Waals surface area contributed by atoms with Gasteiger partial charge >= 0.3 is 12.1 Å². The number of aromatic nitrogens is 2. The summed E-state index contributed by atoms with van der Waals surface area (Å²) in [5.41, 5.74) is 4.48. The molecular formula is C26H26N4O5. The van der Waals surface area contributed by atoms with Crippen molar-refractivity contribution in [3.63, 3.8) is 0 Å². The third kappa shape index (κ3) is 4.37. The number of carboxylic acid groups (broad SMARTS) is 1. The van der Waals surface area contributed by atoms with E-state index in [1.54, 1.807) is 7.05 Å². The summed E-state index contributed by atoms with van der Waals surface area (Å²) >= 11 is 0. The highest BCUT2D eigenvalue weighted by molar-refractivity contribution is 6.00. The van der Waals surface area contributed by atoms with Crippen molar-refractivity contribution >= 4 is 23.8 Å². The van der Waals surface area contributed by atoms with Crippen molar-refractivity contribution in [2.75, 3.05) is 11.9 Å². The summed E-state index contributed by atoms with van der Waals surface area (Å²) in [7, 11) is 1.58. The molecule has 5 rings (SSSR count). The van der Waals surface area contributed by atoms with Gasteiger partial charge in [0.05, 0.1) is 5.92 Å². The van der Waals surface area contributed by atoms with Gasteiger partial charge in [-0.3, -0.25) is 9.48 Å². The van der Waals surface area contributed by atoms with Crippen molar-refractivity contribution in [3.8, 4) is 11.1 Å². The van der Waals surface area contributed by atoms with Crippen molar-refractivity contribution in [1.82, 2.24) is 15.1 Å². The highest BCUT2D eigenvalue weighted by Gasteiger charge is 2.36. The molecule has 1 fully saturated rings. The number of carboxylic acids is 1. The number of alkyl carbamates (subject to hydrolysis) is 1. The number of hydrogen-bond acceptors (Lipinski definition) is 5. The predicted octanol–water partition coefficient (Wildman–Crippen LogP) is 3.76. The molecule has 0 radical (unpaired) electrons. The van der Waals surface area contributed by atoms with E-state index in [1.807, 2.05) is 24.3 Å². The number of carbonyl (C=O) groups excluding carboxylic acids is 2. The SMILES string of the molecule is Cn1cc(C(=O)O)c(NC(=O)[C@@H]2CCC[C@@H]2NC(=O)OCC2c3ccccc3-c3ccccc32)n1. The van der Waals surface area contributed by atoms with Gasteiger partial charge in [-0.25, -0.2) is 9.59 Å². The molecule has 2 atom stereocenters. The molecule has 1 heterocycles. The Balaban J connectivity index is 1.22. The van der Waals surface area contributed by atoms with Crippen molar-refractivity contribution in [2.24, 2.45) is 13.0 Å². The number of hydrogen-bond donors (Lipinski definition) is 3. The Morgan fingerprint density at radius 1 is 1.06 bits per heavy atom. The Hall–Kier alpha value is -4.14. The van der Waals surface area contributed by atoms with E-state index in [0.717, 1.165) is 28.7 Å². The second kappa shape index (κ2) is 9.25. The van der Waals surface area contributed by atoms with E-state index in [0.29, 0.717) is 12.8 Å². The van der Waals surface area contributed by atoms with Crippen LogP contribution in [0.3, 0.4) is 0 Å². The summed E-state index contributed by atoms with van der Waals surface area (Å²) in [4.78, 5) is 37.0. The van der Waals surface area contributed by atoms with Gasteiger partial charge in [-0.2, -0.15) is 5.10 Å². The maximum Gasteiger partial charge on any atom is 0.407 e. The van der Waals surface area contributed by atoms with Gasteiger partial charge in [0, 0.05) is 25.2 Å². The maximum absolute atomic E-state index is 12.9. The topological polar surface area (TPSA) is 123 Å². The van der Waals surface area contributed by atoms with E-state index in [2.05, 4.69) is 40.0 Å². The second-order valence-corrected chi connectivity index (χ2v) is 8.97. The van der Waals surface area contributed by atoms with E-state index in [9.17, 15) is 19.5 Å². The highest BCUT2D eigenvalue weighted by Crippen LogP contribution is 2.44. The molecule has 0 saturated heterocycles. The molecule has 0 spiro atoms. The zero-order valence-electron chi connectivity index (χ0n) is 19.2. The average molecular weight is 475 g/mol. The molecule has 9 nitrogen and oxygen atoms in total. The standard InChI is InChI=1S/C26H26N4O5/c1-30-13-20(25(32)33)23(29-30)28-24(31)19-11-6-12-22(19)27-26(34)35-14-21-17-9-4-2-7-15(17)16-8-3-5-10-18(16)21/h2-5,7-10,13,19,21-22H,6,11-12,14H2,1H3,(H,27,34)(H,32,33)(H,28,29,31)/t19-,22+/m1/s1. The van der Waals surface area contributed by atoms with Crippen molar-refractivity contribution < 1.29 is 24.2 Å². The first kappa shape index (κ1) is 22.6. The molecule has 180 valence electrons. The third-order valence-corrected chi connectivity index (χ3v) is 6.80. The van der Waals surface area contributed by atoms with Gasteiger partial charge in [-0.05, 0) is 35.1 Å². The minimum Gasteiger partial charge on any atom is -0.477 e. The average Bonchev–Trinajstić information content (AvgIpc) is 3.53. The van der Waals surface area contributed by atoms with E-state index in [4.69, 9.17) is 4.74 Å². The molecule has 9 heteroatoms. The molecule has 1 saturated carbocycles. The predicted molar refractivity (Wildman–Crippen MR) is 128 cm³/mol. The van der Waals surface area contributed by atoms with Crippen molar-refractivity contribution in [3.05, 3.63) is 71.4 Å². The zero-order valence-corrected chi connectivity index (χ0v) is 19.2. The van der Waals surface area contributed by atoms with Gasteiger partial charge in [0.25, 0.3) is 0 Å². The summed E-state index contributed by atoms with van der Waals surface area (Å²) in [6, 6.07) is 15.8. The second-order valence-electron chi connectivity index (χ2n) is 8.97. The number of carbonyl (C=O) groups is 3. The summed E-state index contributed by atoms with van der Waals surface area (Å²) in [6.45, 7) is 0.194. The van der Waals surface area contributed by atoms with Crippen LogP contribution in [0.15, 0.2) is 54.7 Å². The maximum atomic E-state index is 12.9. The molecule has 2 aromatic carbocycles. The molecule has 2 aliphatic rings. The Morgan fingerprint density at radius 2 is 1.71 bits per heavy atom. The lowest BCUT2D eigenvalue weighted by molar-refractivity contribution is -0.120. The van der Waals surface area contributed by atoms with Crippen LogP contribution < -0.4 is 10.6 Å². The summed E-state index contributed by atoms with van der Waals surface area (Å²) in [5.74, 6) is -2.09. The van der Waals surface area contributed by atoms with Crippen LogP contribution in [-0.2, 0) is 16.6 Å². The molecule has 1 aromatic heterocycles. The smallest absolute Gasteiger partial charge is 0.407 e. The van der Waals surface area contributed by atoms with E-state index >= 15 is 0 Å². The molecule has 2 aliphatic carbocycles. The lowest BCUT2D eigenvalue weighted by atomic mass is 9.98. The Labute approximate surface area is 202 Å². The summed E-state index contributed by atoms with van der Waals surface area (Å²) in [6.07, 6.45) is 2.74. The zero-order chi connectivity index (χ0) is 24.5. The number of ether oxygens (including phenoxy) is 1. The largest absolute Gasteiger partial charge is 0.477 e. The monoisotopic (exact) mass is 474 g/mol. The number of rotatable bonds is 6. The minimum absolute atomic E-state index is 0.00297. The van der Waals surface area contributed by atoms with Gasteiger partial charge in [0.1, 0.15) is 12.2 Å². The molecule has 2 amide bonds. The lowest BCUT2D eigenvalue weighted by Crippen LogP contribution is -2.42. The first-order valence-electron chi connectivity index (χ1n) is 11.6. The number of benzene rings is 2. The lowest BCUT2D eigenvalue weighted by Gasteiger charge is -2.21. The van der Waals surface area contributed by atoms with E-state index < -0.39 is 24.0 Å². The van der Waals surface area contributed by atoms with Crippen molar-refractivity contribution in [2.45, 2.75) is 31.2 Å². The van der Waals surface area contributed by atoms with Gasteiger partial charge in [-0.1, -0.05) is 55.0 Å². The van der Waals surface area contributed by atoms with Crippen LogP contribution in [0.1, 0.15) is 46.7 Å². The van der Waals surface area contributed by atoms with Gasteiger partial charge in [0.15, 0.2) is 5.82 Å². The number of amides is 2. The number of anilines is 1. The molecule has 3 N–H and O–H groups in total. The number of nitrogens with one attached hydrogen (secondary N) is 2. The first-order valence-corrected chi connectivity index (χ1v) is 11.6. The highest BCUT2D eigenvalue weighted by atomic mass is 16.5. The van der Waals surface area contributed by atoms with Crippen molar-refractivity contribution in [1.29, 1.82) is 0 Å². The molecular weight excluding hydrogens is 448 g/mol. The molecule has 35 heavy (non-hydrogen) atoms. The molecule has 3 aromatic rings.